The molecular weight excluding hydrogens is 373 g/mol. The summed E-state index contributed by atoms with van der Waals surface area (Å²) in [4.78, 5) is 14.5. The van der Waals surface area contributed by atoms with Crippen LogP contribution in [0.1, 0.15) is 13.2 Å². The predicted octanol–water partition coefficient (Wildman–Crippen LogP) is 0.634. The van der Waals surface area contributed by atoms with Crippen LogP contribution >= 0.6 is 15.9 Å². The first-order valence-electron chi connectivity index (χ1n) is 6.98. The van der Waals surface area contributed by atoms with Crippen molar-refractivity contribution in [1.82, 2.24) is 19.5 Å². The Morgan fingerprint density at radius 2 is 2.17 bits per heavy atom. The number of alkyl halides is 1. The lowest BCUT2D eigenvalue weighted by molar-refractivity contribution is -0.0567. The van der Waals surface area contributed by atoms with Crippen LogP contribution in [-0.4, -0.2) is 68.3 Å². The van der Waals surface area contributed by atoms with Gasteiger partial charge in [-0.2, -0.15) is 0 Å². The van der Waals surface area contributed by atoms with E-state index in [0.717, 1.165) is 0 Å². The number of aliphatic hydroxyl groups excluding tert-OH is 2. The average molecular weight is 390 g/mol. The molecule has 2 aromatic heterocycles. The molecule has 4 atom stereocenters. The minimum atomic E-state index is -2.10. The summed E-state index contributed by atoms with van der Waals surface area (Å²) >= 11 is 3.23. The molecule has 0 amide bonds. The maximum Gasteiger partial charge on any atom is 0.200 e. The number of fused-ring (bicyclic) bond motifs is 1. The van der Waals surface area contributed by atoms with Crippen molar-refractivity contribution in [3.05, 3.63) is 11.1 Å². The Balaban J connectivity index is 2.14. The van der Waals surface area contributed by atoms with E-state index in [1.807, 2.05) is 14.1 Å². The van der Waals surface area contributed by atoms with Crippen LogP contribution in [0.5, 0.6) is 0 Å². The number of ether oxygens (including phenoxy) is 1. The highest BCUT2D eigenvalue weighted by Crippen LogP contribution is 2.42. The molecule has 1 aliphatic rings. The molecule has 2 N–H and O–H groups in total. The third-order valence-corrected chi connectivity index (χ3v) is 4.30. The molecule has 0 radical (unpaired) electrons. The lowest BCUT2D eigenvalue weighted by atomic mass is 9.98. The minimum absolute atomic E-state index is 0.327. The lowest BCUT2D eigenvalue weighted by Crippen LogP contribution is -2.40. The summed E-state index contributed by atoms with van der Waals surface area (Å²) < 4.78 is 22.2. The van der Waals surface area contributed by atoms with Gasteiger partial charge in [-0.15, -0.1) is 0 Å². The van der Waals surface area contributed by atoms with Crippen LogP contribution < -0.4 is 4.90 Å². The predicted molar refractivity (Wildman–Crippen MR) is 83.9 cm³/mol. The second-order valence-electron chi connectivity index (χ2n) is 5.84. The normalized spacial score (nSPS) is 31.0. The third-order valence-electron chi connectivity index (χ3n) is 3.95. The van der Waals surface area contributed by atoms with Gasteiger partial charge in [-0.25, -0.2) is 19.3 Å². The van der Waals surface area contributed by atoms with Crippen molar-refractivity contribution in [3.8, 4) is 0 Å². The van der Waals surface area contributed by atoms with E-state index in [9.17, 15) is 14.6 Å². The molecule has 0 aromatic carbocycles. The van der Waals surface area contributed by atoms with Crippen LogP contribution in [0.25, 0.3) is 11.2 Å². The molecule has 1 fully saturated rings. The Bertz CT molecular complexity index is 738. The van der Waals surface area contributed by atoms with Crippen molar-refractivity contribution in [1.29, 1.82) is 0 Å². The number of hydrogen-bond donors (Lipinski definition) is 2. The summed E-state index contributed by atoms with van der Waals surface area (Å²) in [6.45, 7) is 0.748. The van der Waals surface area contributed by atoms with Gasteiger partial charge in [-0.3, -0.25) is 4.57 Å². The summed E-state index contributed by atoms with van der Waals surface area (Å²) in [7, 11) is 3.62. The summed E-state index contributed by atoms with van der Waals surface area (Å²) in [5, 5.41) is 19.3. The number of aliphatic hydroxyl groups is 2. The van der Waals surface area contributed by atoms with Crippen LogP contribution in [0.2, 0.25) is 0 Å². The van der Waals surface area contributed by atoms with Crippen molar-refractivity contribution in [3.63, 3.8) is 0 Å². The Morgan fingerprint density at radius 3 is 2.74 bits per heavy atom. The number of rotatable bonds is 3. The maximum atomic E-state index is 15.0. The molecule has 1 aliphatic heterocycles. The van der Waals surface area contributed by atoms with Crippen LogP contribution in [0.4, 0.5) is 10.2 Å². The largest absolute Gasteiger partial charge is 0.394 e. The minimum Gasteiger partial charge on any atom is -0.394 e. The smallest absolute Gasteiger partial charge is 0.200 e. The highest BCUT2D eigenvalue weighted by molar-refractivity contribution is 9.10. The first-order valence-corrected chi connectivity index (χ1v) is 7.77. The van der Waals surface area contributed by atoms with Gasteiger partial charge < -0.3 is 19.8 Å². The van der Waals surface area contributed by atoms with Crippen molar-refractivity contribution in [2.24, 2.45) is 0 Å². The monoisotopic (exact) mass is 389 g/mol. The summed E-state index contributed by atoms with van der Waals surface area (Å²) in [6, 6.07) is 0. The molecule has 8 nitrogen and oxygen atoms in total. The van der Waals surface area contributed by atoms with Gasteiger partial charge >= 0.3 is 0 Å². The second-order valence-corrected chi connectivity index (χ2v) is 6.55. The van der Waals surface area contributed by atoms with Crippen LogP contribution in [0, 0.1) is 0 Å². The molecule has 3 heterocycles. The number of anilines is 1. The van der Waals surface area contributed by atoms with E-state index < -0.39 is 30.7 Å². The van der Waals surface area contributed by atoms with E-state index in [1.165, 1.54) is 17.8 Å². The van der Waals surface area contributed by atoms with Crippen molar-refractivity contribution in [2.45, 2.75) is 31.0 Å². The Labute approximate surface area is 140 Å². The van der Waals surface area contributed by atoms with Gasteiger partial charge in [-0.05, 0) is 22.9 Å². The number of halogens is 2. The van der Waals surface area contributed by atoms with Gasteiger partial charge in [0.15, 0.2) is 28.9 Å². The topological polar surface area (TPSA) is 96.5 Å². The van der Waals surface area contributed by atoms with Gasteiger partial charge in [0, 0.05) is 14.1 Å². The van der Waals surface area contributed by atoms with E-state index in [4.69, 9.17) is 4.74 Å². The quantitative estimate of drug-likeness (QED) is 0.743. The van der Waals surface area contributed by atoms with Crippen LogP contribution in [0.15, 0.2) is 11.1 Å². The number of hydrogen-bond acceptors (Lipinski definition) is 7. The molecule has 10 heteroatoms. The highest BCUT2D eigenvalue weighted by Gasteiger charge is 2.55. The number of imidazole rings is 1. The molecule has 2 aromatic rings. The second kappa shape index (κ2) is 5.62. The lowest BCUT2D eigenvalue weighted by Gasteiger charge is -2.24. The maximum absolute atomic E-state index is 15.0. The van der Waals surface area contributed by atoms with Crippen LogP contribution in [0.3, 0.4) is 0 Å². The average Bonchev–Trinajstić information content (AvgIpc) is 2.98. The van der Waals surface area contributed by atoms with Gasteiger partial charge in [0.05, 0.1) is 12.9 Å². The summed E-state index contributed by atoms with van der Waals surface area (Å²) in [5.41, 5.74) is -1.24. The molecule has 0 unspecified atom stereocenters. The van der Waals surface area contributed by atoms with E-state index >= 15 is 0 Å². The zero-order valence-corrected chi connectivity index (χ0v) is 14.4. The molecule has 0 aliphatic carbocycles. The molecule has 23 heavy (non-hydrogen) atoms. The van der Waals surface area contributed by atoms with Gasteiger partial charge in [0.1, 0.15) is 12.2 Å². The van der Waals surface area contributed by atoms with Crippen LogP contribution in [-0.2, 0) is 4.74 Å². The Kier molecular flexibility index (Phi) is 4.03. The molecule has 3 rings (SSSR count). The van der Waals surface area contributed by atoms with Crippen molar-refractivity contribution in [2.75, 3.05) is 25.6 Å². The van der Waals surface area contributed by atoms with E-state index in [-0.39, 0.29) is 0 Å². The molecule has 0 spiro atoms. The highest BCUT2D eigenvalue weighted by atomic mass is 79.9. The number of nitrogens with zero attached hydrogens (tertiary/aromatic N) is 5. The van der Waals surface area contributed by atoms with E-state index in [2.05, 4.69) is 30.9 Å². The molecule has 126 valence electrons. The fourth-order valence-corrected chi connectivity index (χ4v) is 3.06. The zero-order valence-electron chi connectivity index (χ0n) is 12.8. The summed E-state index contributed by atoms with van der Waals surface area (Å²) in [6.07, 6.45) is -2.22. The zero-order chi connectivity index (χ0) is 16.9. The Morgan fingerprint density at radius 1 is 1.48 bits per heavy atom. The van der Waals surface area contributed by atoms with Gasteiger partial charge in [-0.1, -0.05) is 0 Å². The fourth-order valence-electron chi connectivity index (χ4n) is 2.72. The third kappa shape index (κ3) is 2.49. The first-order chi connectivity index (χ1) is 10.8. The van der Waals surface area contributed by atoms with Gasteiger partial charge in [0.2, 0.25) is 4.73 Å². The molecule has 0 bridgehead atoms. The number of aromatic nitrogens is 4. The Hall–Kier alpha value is -1.36. The SMILES string of the molecule is CN(C)c1nc(Br)nc2c1ncn2[C@@H]1O[C@H](CO)[C@@H](O)[C@@]1(C)F. The standard InChI is InChI=1S/C13H17BrFN5O3/c1-13(15)8(22)6(4-21)23-11(13)20-5-16-7-9(19(2)3)17-12(14)18-10(7)20/h5-6,8,11,21-22H,4H2,1-3H3/t6-,8-,11-,13-/m1/s1. The molecular formula is C13H17BrFN5O3. The fraction of sp³-hybridized carbons (Fsp3) is 0.615. The van der Waals surface area contributed by atoms with Crippen molar-refractivity contribution >= 4 is 32.9 Å². The summed E-state index contributed by atoms with van der Waals surface area (Å²) in [5.74, 6) is 0.568. The van der Waals surface area contributed by atoms with E-state index in [0.29, 0.717) is 21.7 Å². The molecule has 1 saturated heterocycles. The van der Waals surface area contributed by atoms with Gasteiger partial charge in [0.25, 0.3) is 0 Å². The van der Waals surface area contributed by atoms with E-state index in [1.54, 1.807) is 4.90 Å². The van der Waals surface area contributed by atoms with Crippen molar-refractivity contribution < 1.29 is 19.3 Å². The molecule has 0 saturated carbocycles. The first kappa shape index (κ1) is 16.5.